The first-order chi connectivity index (χ1) is 6.89. The van der Waals surface area contributed by atoms with Gasteiger partial charge in [0.15, 0.2) is 0 Å². The van der Waals surface area contributed by atoms with E-state index in [-0.39, 0.29) is 17.1 Å². The number of anilines is 1. The summed E-state index contributed by atoms with van der Waals surface area (Å²) >= 11 is 5.57. The van der Waals surface area contributed by atoms with Crippen molar-refractivity contribution < 1.29 is 8.42 Å². The molecule has 0 bridgehead atoms. The summed E-state index contributed by atoms with van der Waals surface area (Å²) in [6.45, 7) is 3.41. The van der Waals surface area contributed by atoms with Crippen LogP contribution in [-0.4, -0.2) is 24.4 Å². The summed E-state index contributed by atoms with van der Waals surface area (Å²) in [5, 5.41) is 0.173. The van der Waals surface area contributed by atoms with Crippen LogP contribution >= 0.6 is 11.6 Å². The molecule has 0 aliphatic carbocycles. The Morgan fingerprint density at radius 3 is 2.67 bits per heavy atom. The van der Waals surface area contributed by atoms with E-state index in [4.69, 9.17) is 11.6 Å². The number of aromatic nitrogens is 2. The molecule has 84 valence electrons. The molecule has 0 atom stereocenters. The Balaban J connectivity index is 2.78. The molecule has 6 nitrogen and oxygen atoms in total. The number of nitrogens with zero attached hydrogens (tertiary/aromatic N) is 2. The minimum atomic E-state index is -3.63. The fourth-order valence-corrected chi connectivity index (χ4v) is 2.00. The van der Waals surface area contributed by atoms with E-state index in [1.54, 1.807) is 13.8 Å². The fourth-order valence-electron chi connectivity index (χ4n) is 0.846. The molecule has 8 heteroatoms. The van der Waals surface area contributed by atoms with E-state index in [9.17, 15) is 8.42 Å². The highest BCUT2D eigenvalue weighted by molar-refractivity contribution is 7.90. The maximum absolute atomic E-state index is 11.4. The summed E-state index contributed by atoms with van der Waals surface area (Å²) < 4.78 is 27.2. The van der Waals surface area contributed by atoms with E-state index >= 15 is 0 Å². The van der Waals surface area contributed by atoms with Crippen molar-refractivity contribution in [2.45, 2.75) is 19.9 Å². The van der Waals surface area contributed by atoms with Gasteiger partial charge in [-0.3, -0.25) is 0 Å². The lowest BCUT2D eigenvalue weighted by Gasteiger charge is -2.09. The molecular weight excluding hydrogens is 240 g/mol. The molecule has 0 saturated heterocycles. The van der Waals surface area contributed by atoms with Crippen molar-refractivity contribution in [2.75, 3.05) is 4.72 Å². The molecule has 0 spiro atoms. The highest BCUT2D eigenvalue weighted by Crippen LogP contribution is 2.06. The standard InChI is InChI=1S/C7H11ClN4O2S/c1-5(2)11-15(13,14)12-7-9-4-3-6(8)10-7/h3-5,11H,1-2H3,(H,9,10,12). The molecule has 0 radical (unpaired) electrons. The predicted octanol–water partition coefficient (Wildman–Crippen LogP) is 0.785. The van der Waals surface area contributed by atoms with Crippen LogP contribution in [0.3, 0.4) is 0 Å². The Morgan fingerprint density at radius 2 is 2.13 bits per heavy atom. The highest BCUT2D eigenvalue weighted by Gasteiger charge is 2.12. The van der Waals surface area contributed by atoms with Crippen molar-refractivity contribution >= 4 is 27.8 Å². The van der Waals surface area contributed by atoms with Crippen LogP contribution in [0.1, 0.15) is 13.8 Å². The maximum Gasteiger partial charge on any atom is 0.301 e. The van der Waals surface area contributed by atoms with Crippen molar-refractivity contribution in [2.24, 2.45) is 0 Å². The second-order valence-corrected chi connectivity index (χ2v) is 4.91. The fraction of sp³-hybridized carbons (Fsp3) is 0.429. The Morgan fingerprint density at radius 1 is 1.47 bits per heavy atom. The van der Waals surface area contributed by atoms with Crippen LogP contribution in [-0.2, 0) is 10.2 Å². The molecule has 0 unspecified atom stereocenters. The normalized spacial score (nSPS) is 11.7. The van der Waals surface area contributed by atoms with Gasteiger partial charge in [0.1, 0.15) is 5.15 Å². The average molecular weight is 251 g/mol. The molecule has 15 heavy (non-hydrogen) atoms. The van der Waals surface area contributed by atoms with Crippen molar-refractivity contribution in [1.82, 2.24) is 14.7 Å². The summed E-state index contributed by atoms with van der Waals surface area (Å²) in [4.78, 5) is 7.40. The Hall–Kier alpha value is -0.920. The van der Waals surface area contributed by atoms with E-state index in [0.29, 0.717) is 0 Å². The molecule has 1 rings (SSSR count). The second-order valence-electron chi connectivity index (χ2n) is 3.08. The third kappa shape index (κ3) is 4.41. The van der Waals surface area contributed by atoms with Crippen LogP contribution in [0, 0.1) is 0 Å². The molecular formula is C7H11ClN4O2S. The van der Waals surface area contributed by atoms with Crippen LogP contribution in [0.5, 0.6) is 0 Å². The lowest BCUT2D eigenvalue weighted by atomic mass is 10.4. The number of rotatable bonds is 4. The van der Waals surface area contributed by atoms with Crippen LogP contribution in [0.25, 0.3) is 0 Å². The Labute approximate surface area is 93.3 Å². The molecule has 0 saturated carbocycles. The van der Waals surface area contributed by atoms with Gasteiger partial charge < -0.3 is 0 Å². The summed E-state index contributed by atoms with van der Waals surface area (Å²) in [7, 11) is -3.63. The van der Waals surface area contributed by atoms with Gasteiger partial charge in [0, 0.05) is 12.2 Å². The zero-order chi connectivity index (χ0) is 11.5. The quantitative estimate of drug-likeness (QED) is 0.774. The second kappa shape index (κ2) is 4.73. The average Bonchev–Trinajstić information content (AvgIpc) is 1.99. The summed E-state index contributed by atoms with van der Waals surface area (Å²) in [5.41, 5.74) is 0. The molecule has 0 aliphatic heterocycles. The van der Waals surface area contributed by atoms with E-state index in [0.717, 1.165) is 0 Å². The lowest BCUT2D eigenvalue weighted by Crippen LogP contribution is -2.35. The van der Waals surface area contributed by atoms with Crippen molar-refractivity contribution in [3.8, 4) is 0 Å². The topological polar surface area (TPSA) is 84.0 Å². The molecule has 0 aromatic carbocycles. The molecule has 2 N–H and O–H groups in total. The maximum atomic E-state index is 11.4. The molecule has 1 heterocycles. The van der Waals surface area contributed by atoms with Gasteiger partial charge in [0.05, 0.1) is 0 Å². The third-order valence-corrected chi connectivity index (χ3v) is 2.68. The Bertz CT molecular complexity index is 434. The number of hydrogen-bond acceptors (Lipinski definition) is 4. The molecule has 1 aromatic rings. The van der Waals surface area contributed by atoms with Gasteiger partial charge in [-0.05, 0) is 19.9 Å². The van der Waals surface area contributed by atoms with Crippen molar-refractivity contribution in [3.05, 3.63) is 17.4 Å². The van der Waals surface area contributed by atoms with Crippen LogP contribution in [0.2, 0.25) is 5.15 Å². The minimum Gasteiger partial charge on any atom is -0.238 e. The predicted molar refractivity (Wildman–Crippen MR) is 57.9 cm³/mol. The smallest absolute Gasteiger partial charge is 0.238 e. The van der Waals surface area contributed by atoms with Gasteiger partial charge in [-0.25, -0.2) is 14.7 Å². The molecule has 0 aliphatic rings. The van der Waals surface area contributed by atoms with Crippen molar-refractivity contribution in [1.29, 1.82) is 0 Å². The van der Waals surface area contributed by atoms with Gasteiger partial charge in [0.25, 0.3) is 0 Å². The number of nitrogens with one attached hydrogen (secondary N) is 2. The van der Waals surface area contributed by atoms with Crippen LogP contribution < -0.4 is 9.44 Å². The summed E-state index contributed by atoms with van der Waals surface area (Å²) in [6, 6.07) is 1.25. The largest absolute Gasteiger partial charge is 0.301 e. The first-order valence-corrected chi connectivity index (χ1v) is 6.04. The van der Waals surface area contributed by atoms with Crippen molar-refractivity contribution in [3.63, 3.8) is 0 Å². The van der Waals surface area contributed by atoms with Gasteiger partial charge in [-0.1, -0.05) is 11.6 Å². The lowest BCUT2D eigenvalue weighted by molar-refractivity contribution is 0.575. The first-order valence-electron chi connectivity index (χ1n) is 4.17. The number of hydrogen-bond donors (Lipinski definition) is 2. The van der Waals surface area contributed by atoms with Crippen LogP contribution in [0.15, 0.2) is 12.3 Å². The van der Waals surface area contributed by atoms with Crippen LogP contribution in [0.4, 0.5) is 5.95 Å². The SMILES string of the molecule is CC(C)NS(=O)(=O)Nc1nccc(Cl)n1. The Kier molecular flexibility index (Phi) is 3.83. The molecule has 1 aromatic heterocycles. The van der Waals surface area contributed by atoms with Gasteiger partial charge >= 0.3 is 10.2 Å². The molecule has 0 amide bonds. The van der Waals surface area contributed by atoms with E-state index in [1.165, 1.54) is 12.3 Å². The zero-order valence-corrected chi connectivity index (χ0v) is 9.80. The minimum absolute atomic E-state index is 0.0596. The summed E-state index contributed by atoms with van der Waals surface area (Å²) in [6.07, 6.45) is 1.36. The van der Waals surface area contributed by atoms with Gasteiger partial charge in [0.2, 0.25) is 5.95 Å². The third-order valence-electron chi connectivity index (χ3n) is 1.24. The monoisotopic (exact) mass is 250 g/mol. The first kappa shape index (κ1) is 12.2. The van der Waals surface area contributed by atoms with E-state index in [1.807, 2.05) is 0 Å². The number of halogens is 1. The highest BCUT2D eigenvalue weighted by atomic mass is 35.5. The summed E-state index contributed by atoms with van der Waals surface area (Å²) in [5.74, 6) is -0.0596. The molecule has 0 fully saturated rings. The van der Waals surface area contributed by atoms with Gasteiger partial charge in [-0.2, -0.15) is 13.1 Å². The van der Waals surface area contributed by atoms with Gasteiger partial charge in [-0.15, -0.1) is 0 Å². The van der Waals surface area contributed by atoms with E-state index in [2.05, 4.69) is 19.4 Å². The van der Waals surface area contributed by atoms with E-state index < -0.39 is 10.2 Å². The zero-order valence-electron chi connectivity index (χ0n) is 8.23.